The summed E-state index contributed by atoms with van der Waals surface area (Å²) in [5.41, 5.74) is 1.96. The Labute approximate surface area is 180 Å². The number of guanidine groups is 1. The molecule has 0 spiro atoms. The van der Waals surface area contributed by atoms with Crippen molar-refractivity contribution >= 4 is 17.6 Å². The summed E-state index contributed by atoms with van der Waals surface area (Å²) >= 11 is 6.29. The van der Waals surface area contributed by atoms with Gasteiger partial charge >= 0.3 is 0 Å². The molecule has 158 valence electrons. The molecule has 1 heterocycles. The van der Waals surface area contributed by atoms with E-state index in [1.165, 1.54) is 0 Å². The Morgan fingerprint density at radius 3 is 2.47 bits per heavy atom. The maximum absolute atomic E-state index is 6.29. The van der Waals surface area contributed by atoms with Gasteiger partial charge in [0.2, 0.25) is 0 Å². The van der Waals surface area contributed by atoms with Crippen LogP contribution < -0.4 is 20.1 Å². The van der Waals surface area contributed by atoms with Crippen molar-refractivity contribution in [2.24, 2.45) is 4.99 Å². The molecule has 0 fully saturated rings. The maximum Gasteiger partial charge on any atom is 0.191 e. The number of benzene rings is 2. The minimum absolute atomic E-state index is 0.464. The van der Waals surface area contributed by atoms with E-state index in [1.54, 1.807) is 21.3 Å². The van der Waals surface area contributed by atoms with Gasteiger partial charge < -0.3 is 20.1 Å². The predicted molar refractivity (Wildman–Crippen MR) is 118 cm³/mol. The Hall–Kier alpha value is -3.26. The minimum atomic E-state index is 0.464. The fourth-order valence-corrected chi connectivity index (χ4v) is 3.07. The highest BCUT2D eigenvalue weighted by Crippen LogP contribution is 2.22. The van der Waals surface area contributed by atoms with Gasteiger partial charge in [0.15, 0.2) is 11.8 Å². The number of nitrogens with zero attached hydrogens (tertiary/aromatic N) is 3. The predicted octanol–water partition coefficient (Wildman–Crippen LogP) is 3.05. The van der Waals surface area contributed by atoms with Gasteiger partial charge in [0.05, 0.1) is 20.8 Å². The van der Waals surface area contributed by atoms with E-state index in [0.717, 1.165) is 29.0 Å². The molecule has 0 saturated carbocycles. The smallest absolute Gasteiger partial charge is 0.191 e. The van der Waals surface area contributed by atoms with Crippen molar-refractivity contribution in [2.45, 2.75) is 13.0 Å². The SMILES string of the molecule is CN=C(NCCc1ccc(OC)cc1Cl)NCc1nc(-c2ccc(OC)cc2)n[nH]1. The van der Waals surface area contributed by atoms with Crippen LogP contribution in [-0.2, 0) is 13.0 Å². The summed E-state index contributed by atoms with van der Waals surface area (Å²) in [4.78, 5) is 8.75. The number of ether oxygens (including phenoxy) is 2. The second kappa shape index (κ2) is 10.5. The molecule has 8 nitrogen and oxygen atoms in total. The summed E-state index contributed by atoms with van der Waals surface area (Å²) < 4.78 is 10.3. The third kappa shape index (κ3) is 5.64. The van der Waals surface area contributed by atoms with Crippen molar-refractivity contribution in [1.29, 1.82) is 0 Å². The molecule has 3 aromatic rings. The molecule has 3 rings (SSSR count). The van der Waals surface area contributed by atoms with Gasteiger partial charge in [-0.2, -0.15) is 5.10 Å². The van der Waals surface area contributed by atoms with E-state index in [9.17, 15) is 0 Å². The zero-order valence-electron chi connectivity index (χ0n) is 17.2. The van der Waals surface area contributed by atoms with Crippen LogP contribution in [0.25, 0.3) is 11.4 Å². The van der Waals surface area contributed by atoms with Crippen molar-refractivity contribution in [3.05, 3.63) is 58.9 Å². The molecule has 0 amide bonds. The lowest BCUT2D eigenvalue weighted by Crippen LogP contribution is -2.38. The van der Waals surface area contributed by atoms with E-state index in [4.69, 9.17) is 21.1 Å². The normalized spacial score (nSPS) is 11.3. The molecule has 0 radical (unpaired) electrons. The van der Waals surface area contributed by atoms with Gasteiger partial charge in [0.25, 0.3) is 0 Å². The quantitative estimate of drug-likeness (QED) is 0.377. The lowest BCUT2D eigenvalue weighted by molar-refractivity contribution is 0.414. The van der Waals surface area contributed by atoms with Gasteiger partial charge in [0.1, 0.15) is 17.3 Å². The Balaban J connectivity index is 1.49. The van der Waals surface area contributed by atoms with Crippen LogP contribution >= 0.6 is 11.6 Å². The molecular formula is C21H25ClN6O2. The van der Waals surface area contributed by atoms with Gasteiger partial charge in [-0.15, -0.1) is 0 Å². The van der Waals surface area contributed by atoms with Gasteiger partial charge in [-0.3, -0.25) is 10.1 Å². The van der Waals surface area contributed by atoms with Crippen LogP contribution in [0.3, 0.4) is 0 Å². The van der Waals surface area contributed by atoms with Crippen LogP contribution in [-0.4, -0.2) is 49.0 Å². The number of aliphatic imine (C=N–C) groups is 1. The second-order valence-electron chi connectivity index (χ2n) is 6.39. The third-order valence-corrected chi connectivity index (χ3v) is 4.83. The molecule has 0 aliphatic heterocycles. The van der Waals surface area contributed by atoms with Crippen LogP contribution in [0.5, 0.6) is 11.5 Å². The largest absolute Gasteiger partial charge is 0.497 e. The van der Waals surface area contributed by atoms with Crippen LogP contribution in [0.4, 0.5) is 0 Å². The van der Waals surface area contributed by atoms with Crippen molar-refractivity contribution in [3.63, 3.8) is 0 Å². The fraction of sp³-hybridized carbons (Fsp3) is 0.286. The summed E-state index contributed by atoms with van der Waals surface area (Å²) in [5, 5.41) is 14.4. The summed E-state index contributed by atoms with van der Waals surface area (Å²) in [6.07, 6.45) is 0.757. The van der Waals surface area contributed by atoms with Crippen LogP contribution in [0.2, 0.25) is 5.02 Å². The molecular weight excluding hydrogens is 404 g/mol. The van der Waals surface area contributed by atoms with E-state index in [1.807, 2.05) is 42.5 Å². The summed E-state index contributed by atoms with van der Waals surface area (Å²) in [5.74, 6) is 3.55. The zero-order valence-corrected chi connectivity index (χ0v) is 18.0. The highest BCUT2D eigenvalue weighted by molar-refractivity contribution is 6.31. The number of methoxy groups -OCH3 is 2. The maximum atomic E-state index is 6.29. The van der Waals surface area contributed by atoms with Gasteiger partial charge in [-0.05, 0) is 48.4 Å². The molecule has 0 unspecified atom stereocenters. The molecule has 0 saturated heterocycles. The number of rotatable bonds is 8. The van der Waals surface area contributed by atoms with Gasteiger partial charge in [-0.25, -0.2) is 4.98 Å². The standard InChI is InChI=1S/C21H25ClN6O2/c1-23-21(24-11-10-14-4-9-17(30-3)12-18(14)22)25-13-19-26-20(28-27-19)15-5-7-16(29-2)8-6-15/h4-9,12H,10-11,13H2,1-3H3,(H2,23,24,25)(H,26,27,28). The molecule has 30 heavy (non-hydrogen) atoms. The number of halogens is 1. The first-order valence-corrected chi connectivity index (χ1v) is 9.83. The average Bonchev–Trinajstić information content (AvgIpc) is 3.26. The zero-order chi connectivity index (χ0) is 21.3. The lowest BCUT2D eigenvalue weighted by Gasteiger charge is -2.11. The summed E-state index contributed by atoms with van der Waals surface area (Å²) in [7, 11) is 4.98. The monoisotopic (exact) mass is 428 g/mol. The summed E-state index contributed by atoms with van der Waals surface area (Å²) in [6.45, 7) is 1.14. The molecule has 0 aliphatic carbocycles. The van der Waals surface area contributed by atoms with Crippen molar-refractivity contribution in [3.8, 4) is 22.9 Å². The van der Waals surface area contributed by atoms with E-state index in [-0.39, 0.29) is 0 Å². The molecule has 2 aromatic carbocycles. The topological polar surface area (TPSA) is 96.5 Å². The lowest BCUT2D eigenvalue weighted by atomic mass is 10.1. The number of hydrogen-bond donors (Lipinski definition) is 3. The minimum Gasteiger partial charge on any atom is -0.497 e. The first kappa shape index (κ1) is 21.4. The molecule has 0 aliphatic rings. The summed E-state index contributed by atoms with van der Waals surface area (Å²) in [6, 6.07) is 13.3. The van der Waals surface area contributed by atoms with Gasteiger partial charge in [-0.1, -0.05) is 17.7 Å². The van der Waals surface area contributed by atoms with Crippen molar-refractivity contribution in [2.75, 3.05) is 27.8 Å². The first-order chi connectivity index (χ1) is 14.6. The number of aromatic amines is 1. The Morgan fingerprint density at radius 1 is 1.07 bits per heavy atom. The molecule has 1 aromatic heterocycles. The van der Waals surface area contributed by atoms with Gasteiger partial charge in [0, 0.05) is 24.2 Å². The first-order valence-electron chi connectivity index (χ1n) is 9.45. The van der Waals surface area contributed by atoms with Crippen molar-refractivity contribution < 1.29 is 9.47 Å². The Bertz CT molecular complexity index is 987. The second-order valence-corrected chi connectivity index (χ2v) is 6.80. The van der Waals surface area contributed by atoms with E-state index < -0.39 is 0 Å². The number of aromatic nitrogens is 3. The third-order valence-electron chi connectivity index (χ3n) is 4.47. The number of H-pyrrole nitrogens is 1. The highest BCUT2D eigenvalue weighted by Gasteiger charge is 2.08. The van der Waals surface area contributed by atoms with E-state index >= 15 is 0 Å². The number of hydrogen-bond acceptors (Lipinski definition) is 5. The van der Waals surface area contributed by atoms with Crippen LogP contribution in [0.1, 0.15) is 11.4 Å². The molecule has 0 bridgehead atoms. The number of nitrogens with one attached hydrogen (secondary N) is 3. The molecule has 3 N–H and O–H groups in total. The van der Waals surface area contributed by atoms with Crippen LogP contribution in [0, 0.1) is 0 Å². The Morgan fingerprint density at radius 2 is 1.80 bits per heavy atom. The van der Waals surface area contributed by atoms with Crippen LogP contribution in [0.15, 0.2) is 47.5 Å². The highest BCUT2D eigenvalue weighted by atomic mass is 35.5. The molecule has 0 atom stereocenters. The molecule has 9 heteroatoms. The fourth-order valence-electron chi connectivity index (χ4n) is 2.80. The van der Waals surface area contributed by atoms with Crippen molar-refractivity contribution in [1.82, 2.24) is 25.8 Å². The van der Waals surface area contributed by atoms with E-state index in [0.29, 0.717) is 35.7 Å². The van der Waals surface area contributed by atoms with E-state index in [2.05, 4.69) is 30.8 Å². The average molecular weight is 429 g/mol. The Kier molecular flexibility index (Phi) is 7.51.